The number of carbonyl (C=O) groups excluding carboxylic acids is 3. The van der Waals surface area contributed by atoms with Crippen molar-refractivity contribution in [3.05, 3.63) is 65.2 Å². The molecule has 1 heterocycles. The normalized spacial score (nSPS) is 14.1. The SMILES string of the molecule is CC(=O)Nc1cccc(C(=O)O[C@H](C)C(=O)N2CCc3ccccc3C2)c1. The maximum Gasteiger partial charge on any atom is 0.338 e. The highest BCUT2D eigenvalue weighted by atomic mass is 16.5. The summed E-state index contributed by atoms with van der Waals surface area (Å²) in [7, 11) is 0. The number of benzene rings is 2. The van der Waals surface area contributed by atoms with Crippen LogP contribution in [0.2, 0.25) is 0 Å². The molecule has 6 nitrogen and oxygen atoms in total. The van der Waals surface area contributed by atoms with Crippen molar-refractivity contribution in [2.75, 3.05) is 11.9 Å². The van der Waals surface area contributed by atoms with Gasteiger partial charge in [0.2, 0.25) is 5.91 Å². The lowest BCUT2D eigenvalue weighted by Gasteiger charge is -2.30. The first-order valence-corrected chi connectivity index (χ1v) is 8.88. The Hall–Kier alpha value is -3.15. The molecule has 0 saturated carbocycles. The quantitative estimate of drug-likeness (QED) is 0.845. The zero-order valence-electron chi connectivity index (χ0n) is 15.4. The molecule has 2 aromatic rings. The molecule has 1 aliphatic rings. The fraction of sp³-hybridized carbons (Fsp3) is 0.286. The van der Waals surface area contributed by atoms with E-state index in [0.29, 0.717) is 18.8 Å². The lowest BCUT2D eigenvalue weighted by Crippen LogP contribution is -2.42. The number of amides is 2. The molecular weight excluding hydrogens is 344 g/mol. The molecule has 1 atom stereocenters. The second-order valence-electron chi connectivity index (χ2n) is 6.59. The predicted molar refractivity (Wildman–Crippen MR) is 101 cm³/mol. The number of hydrogen-bond acceptors (Lipinski definition) is 4. The summed E-state index contributed by atoms with van der Waals surface area (Å²) in [5, 5.41) is 2.62. The van der Waals surface area contributed by atoms with E-state index in [-0.39, 0.29) is 17.4 Å². The number of esters is 1. The monoisotopic (exact) mass is 366 g/mol. The molecule has 1 aliphatic heterocycles. The lowest BCUT2D eigenvalue weighted by molar-refractivity contribution is -0.140. The Labute approximate surface area is 158 Å². The van der Waals surface area contributed by atoms with Crippen molar-refractivity contribution in [2.45, 2.75) is 32.9 Å². The van der Waals surface area contributed by atoms with E-state index in [1.165, 1.54) is 18.6 Å². The first-order chi connectivity index (χ1) is 12.9. The van der Waals surface area contributed by atoms with Gasteiger partial charge in [-0.3, -0.25) is 9.59 Å². The number of nitrogens with one attached hydrogen (secondary N) is 1. The highest BCUT2D eigenvalue weighted by Crippen LogP contribution is 2.20. The summed E-state index contributed by atoms with van der Waals surface area (Å²) >= 11 is 0. The number of rotatable bonds is 4. The highest BCUT2D eigenvalue weighted by molar-refractivity contribution is 5.95. The molecule has 0 aromatic heterocycles. The summed E-state index contributed by atoms with van der Waals surface area (Å²) in [5.74, 6) is -1.04. The summed E-state index contributed by atoms with van der Waals surface area (Å²) in [6.45, 7) is 4.10. The van der Waals surface area contributed by atoms with Gasteiger partial charge in [0.25, 0.3) is 5.91 Å². The number of anilines is 1. The lowest BCUT2D eigenvalue weighted by atomic mass is 9.99. The van der Waals surface area contributed by atoms with E-state index >= 15 is 0 Å². The Morgan fingerprint density at radius 1 is 1.07 bits per heavy atom. The van der Waals surface area contributed by atoms with Gasteiger partial charge in [-0.15, -0.1) is 0 Å². The van der Waals surface area contributed by atoms with Crippen LogP contribution in [-0.2, 0) is 27.3 Å². The molecule has 0 fully saturated rings. The predicted octanol–water partition coefficient (Wildman–Crippen LogP) is 2.78. The minimum absolute atomic E-state index is 0.212. The number of carbonyl (C=O) groups is 3. The molecule has 2 aromatic carbocycles. The third-order valence-electron chi connectivity index (χ3n) is 4.49. The van der Waals surface area contributed by atoms with Crippen molar-refractivity contribution >= 4 is 23.5 Å². The van der Waals surface area contributed by atoms with E-state index in [2.05, 4.69) is 11.4 Å². The van der Waals surface area contributed by atoms with Crippen LogP contribution < -0.4 is 5.32 Å². The van der Waals surface area contributed by atoms with Crippen LogP contribution in [0.1, 0.15) is 35.3 Å². The molecule has 6 heteroatoms. The second-order valence-corrected chi connectivity index (χ2v) is 6.59. The van der Waals surface area contributed by atoms with Crippen molar-refractivity contribution in [1.29, 1.82) is 0 Å². The Bertz CT molecular complexity index is 878. The standard InChI is InChI=1S/C21H22N2O4/c1-14(20(25)23-11-10-16-6-3-4-7-18(16)13-23)27-21(26)17-8-5-9-19(12-17)22-15(2)24/h3-9,12,14H,10-11,13H2,1-2H3,(H,22,24)/t14-/m1/s1. The zero-order valence-corrected chi connectivity index (χ0v) is 15.4. The first-order valence-electron chi connectivity index (χ1n) is 8.88. The number of nitrogens with zero attached hydrogens (tertiary/aromatic N) is 1. The van der Waals surface area contributed by atoms with Crippen LogP contribution in [0.5, 0.6) is 0 Å². The van der Waals surface area contributed by atoms with Crippen molar-refractivity contribution in [2.24, 2.45) is 0 Å². The molecule has 3 rings (SSSR count). The van der Waals surface area contributed by atoms with Gasteiger partial charge in [-0.2, -0.15) is 0 Å². The van der Waals surface area contributed by atoms with Gasteiger partial charge in [0, 0.05) is 25.7 Å². The van der Waals surface area contributed by atoms with E-state index < -0.39 is 12.1 Å². The van der Waals surface area contributed by atoms with E-state index in [1.54, 1.807) is 30.0 Å². The van der Waals surface area contributed by atoms with Gasteiger partial charge in [-0.25, -0.2) is 4.79 Å². The smallest absolute Gasteiger partial charge is 0.338 e. The third kappa shape index (κ3) is 4.53. The molecule has 0 bridgehead atoms. The van der Waals surface area contributed by atoms with Crippen molar-refractivity contribution < 1.29 is 19.1 Å². The molecule has 27 heavy (non-hydrogen) atoms. The minimum Gasteiger partial charge on any atom is -0.449 e. The number of fused-ring (bicyclic) bond motifs is 1. The number of ether oxygens (including phenoxy) is 1. The zero-order chi connectivity index (χ0) is 19.4. The van der Waals surface area contributed by atoms with Gasteiger partial charge in [0.15, 0.2) is 6.10 Å². The maximum atomic E-state index is 12.7. The molecule has 0 saturated heterocycles. The van der Waals surface area contributed by atoms with Crippen LogP contribution in [-0.4, -0.2) is 35.3 Å². The Morgan fingerprint density at radius 2 is 1.81 bits per heavy atom. The van der Waals surface area contributed by atoms with E-state index in [9.17, 15) is 14.4 Å². The first kappa shape index (κ1) is 18.6. The summed E-state index contributed by atoms with van der Waals surface area (Å²) in [6.07, 6.45) is -0.0892. The Morgan fingerprint density at radius 3 is 2.56 bits per heavy atom. The van der Waals surface area contributed by atoms with Crippen LogP contribution in [0.15, 0.2) is 48.5 Å². The third-order valence-corrected chi connectivity index (χ3v) is 4.49. The topological polar surface area (TPSA) is 75.7 Å². The molecule has 0 unspecified atom stereocenters. The summed E-state index contributed by atoms with van der Waals surface area (Å²) < 4.78 is 5.36. The van der Waals surface area contributed by atoms with Gasteiger partial charge >= 0.3 is 5.97 Å². The van der Waals surface area contributed by atoms with Crippen LogP contribution in [0.3, 0.4) is 0 Å². The van der Waals surface area contributed by atoms with Gasteiger partial charge in [-0.1, -0.05) is 30.3 Å². The molecule has 0 aliphatic carbocycles. The molecule has 0 radical (unpaired) electrons. The summed E-state index contributed by atoms with van der Waals surface area (Å²) in [4.78, 5) is 37.9. The van der Waals surface area contributed by atoms with Crippen molar-refractivity contribution in [3.63, 3.8) is 0 Å². The van der Waals surface area contributed by atoms with E-state index in [4.69, 9.17) is 4.74 Å². The fourth-order valence-electron chi connectivity index (χ4n) is 3.15. The largest absolute Gasteiger partial charge is 0.449 e. The van der Waals surface area contributed by atoms with Crippen molar-refractivity contribution in [1.82, 2.24) is 4.90 Å². The second kappa shape index (κ2) is 8.03. The van der Waals surface area contributed by atoms with Gasteiger partial charge < -0.3 is 15.0 Å². The van der Waals surface area contributed by atoms with Crippen LogP contribution in [0, 0.1) is 0 Å². The summed E-state index contributed by atoms with van der Waals surface area (Å²) in [5.41, 5.74) is 3.16. The highest BCUT2D eigenvalue weighted by Gasteiger charge is 2.27. The molecule has 0 spiro atoms. The maximum absolute atomic E-state index is 12.7. The van der Waals surface area contributed by atoms with Gasteiger partial charge in [-0.05, 0) is 42.7 Å². The van der Waals surface area contributed by atoms with Crippen molar-refractivity contribution in [3.8, 4) is 0 Å². The van der Waals surface area contributed by atoms with E-state index in [0.717, 1.165) is 12.0 Å². The summed E-state index contributed by atoms with van der Waals surface area (Å²) in [6, 6.07) is 14.5. The number of hydrogen-bond donors (Lipinski definition) is 1. The molecular formula is C21H22N2O4. The Kier molecular flexibility index (Phi) is 5.54. The van der Waals surface area contributed by atoms with Crippen LogP contribution >= 0.6 is 0 Å². The van der Waals surface area contributed by atoms with Gasteiger partial charge in [0.1, 0.15) is 0 Å². The van der Waals surface area contributed by atoms with Gasteiger partial charge in [0.05, 0.1) is 5.56 Å². The average molecular weight is 366 g/mol. The molecule has 140 valence electrons. The van der Waals surface area contributed by atoms with E-state index in [1.807, 2.05) is 18.2 Å². The minimum atomic E-state index is -0.882. The fourth-order valence-corrected chi connectivity index (χ4v) is 3.15. The van der Waals surface area contributed by atoms with Crippen LogP contribution in [0.4, 0.5) is 5.69 Å². The molecule has 2 amide bonds. The Balaban J connectivity index is 1.63. The van der Waals surface area contributed by atoms with Crippen LogP contribution in [0.25, 0.3) is 0 Å². The molecule has 1 N–H and O–H groups in total. The average Bonchev–Trinajstić information content (AvgIpc) is 2.66.